The first-order chi connectivity index (χ1) is 23.7. The lowest BCUT2D eigenvalue weighted by atomic mass is 9.91. The molecule has 10 rings (SSSR count). The Morgan fingerprint density at radius 3 is 1.65 bits per heavy atom. The standard InChI is InChI=1S/C44H27N3O/c48-43-39-27-31(22-24-41(39)47-42-20-9-8-19-40(42)45-44(47)46(43)32-13-2-1-3-14-32)29-12-10-11-28(25-29)30-21-23-37-35-17-5-4-15-33(35)34-16-6-7-18-36(34)38(37)26-30/h1-27H. The fraction of sp³-hybridized carbons (Fsp3) is 0. The summed E-state index contributed by atoms with van der Waals surface area (Å²) in [5.41, 5.74) is 7.67. The summed E-state index contributed by atoms with van der Waals surface area (Å²) in [6.07, 6.45) is 0. The largest absolute Gasteiger partial charge is 0.277 e. The molecule has 0 aliphatic heterocycles. The molecule has 0 aliphatic rings. The zero-order valence-corrected chi connectivity index (χ0v) is 25.8. The van der Waals surface area contributed by atoms with E-state index >= 15 is 0 Å². The van der Waals surface area contributed by atoms with Crippen molar-refractivity contribution >= 4 is 60.0 Å². The van der Waals surface area contributed by atoms with Crippen LogP contribution in [0.3, 0.4) is 0 Å². The van der Waals surface area contributed by atoms with Crippen molar-refractivity contribution in [2.75, 3.05) is 0 Å². The molecule has 48 heavy (non-hydrogen) atoms. The van der Waals surface area contributed by atoms with Gasteiger partial charge in [-0.1, -0.05) is 115 Å². The highest BCUT2D eigenvalue weighted by molar-refractivity contribution is 6.25. The van der Waals surface area contributed by atoms with Crippen LogP contribution >= 0.6 is 0 Å². The lowest BCUT2D eigenvalue weighted by molar-refractivity contribution is 0.983. The van der Waals surface area contributed by atoms with Gasteiger partial charge in [0.15, 0.2) is 0 Å². The van der Waals surface area contributed by atoms with E-state index in [4.69, 9.17) is 4.98 Å². The molecule has 4 nitrogen and oxygen atoms in total. The van der Waals surface area contributed by atoms with Crippen molar-refractivity contribution in [1.82, 2.24) is 14.0 Å². The maximum absolute atomic E-state index is 14.3. The van der Waals surface area contributed by atoms with Crippen LogP contribution < -0.4 is 5.56 Å². The van der Waals surface area contributed by atoms with Crippen molar-refractivity contribution in [3.63, 3.8) is 0 Å². The molecule has 8 aromatic carbocycles. The number of aromatic nitrogens is 3. The molecule has 0 N–H and O–H groups in total. The zero-order valence-electron chi connectivity index (χ0n) is 25.8. The molecule has 0 saturated carbocycles. The summed E-state index contributed by atoms with van der Waals surface area (Å²) in [7, 11) is 0. The predicted octanol–water partition coefficient (Wildman–Crippen LogP) is 10.6. The van der Waals surface area contributed by atoms with Crippen LogP contribution in [0.1, 0.15) is 0 Å². The lowest BCUT2D eigenvalue weighted by Crippen LogP contribution is -2.21. The van der Waals surface area contributed by atoms with Crippen LogP contribution in [0.5, 0.6) is 0 Å². The summed E-state index contributed by atoms with van der Waals surface area (Å²) in [5, 5.41) is 8.21. The third kappa shape index (κ3) is 3.90. The molecule has 0 saturated heterocycles. The van der Waals surface area contributed by atoms with E-state index in [0.717, 1.165) is 44.5 Å². The minimum absolute atomic E-state index is 0.0920. The summed E-state index contributed by atoms with van der Waals surface area (Å²) >= 11 is 0. The third-order valence-electron chi connectivity index (χ3n) is 9.70. The van der Waals surface area contributed by atoms with Crippen LogP contribution in [0.2, 0.25) is 0 Å². The van der Waals surface area contributed by atoms with E-state index in [0.29, 0.717) is 11.2 Å². The molecule has 224 valence electrons. The van der Waals surface area contributed by atoms with Gasteiger partial charge < -0.3 is 0 Å². The Morgan fingerprint density at radius 1 is 0.396 bits per heavy atom. The Hall–Kier alpha value is -6.52. The second-order valence-corrected chi connectivity index (χ2v) is 12.4. The highest BCUT2D eigenvalue weighted by Gasteiger charge is 2.18. The normalized spacial score (nSPS) is 11.8. The van der Waals surface area contributed by atoms with Crippen molar-refractivity contribution in [2.45, 2.75) is 0 Å². The van der Waals surface area contributed by atoms with Crippen molar-refractivity contribution in [3.8, 4) is 27.9 Å². The molecule has 0 radical (unpaired) electrons. The Labute approximate surface area is 275 Å². The maximum Gasteiger partial charge on any atom is 0.267 e. The second-order valence-electron chi connectivity index (χ2n) is 12.4. The van der Waals surface area contributed by atoms with Gasteiger partial charge in [0.05, 0.1) is 27.6 Å². The number of hydrogen-bond acceptors (Lipinski definition) is 2. The molecule has 2 aromatic heterocycles. The van der Waals surface area contributed by atoms with Gasteiger partial charge in [0.2, 0.25) is 5.78 Å². The monoisotopic (exact) mass is 613 g/mol. The predicted molar refractivity (Wildman–Crippen MR) is 199 cm³/mol. The molecule has 0 spiro atoms. The second kappa shape index (κ2) is 10.2. The Balaban J connectivity index is 1.17. The first kappa shape index (κ1) is 26.7. The van der Waals surface area contributed by atoms with Crippen molar-refractivity contribution in [1.29, 1.82) is 0 Å². The first-order valence-corrected chi connectivity index (χ1v) is 16.2. The molecule has 0 unspecified atom stereocenters. The third-order valence-corrected chi connectivity index (χ3v) is 9.70. The topological polar surface area (TPSA) is 39.3 Å². The van der Waals surface area contributed by atoms with Gasteiger partial charge in [-0.15, -0.1) is 0 Å². The molecule has 0 bridgehead atoms. The summed E-state index contributed by atoms with van der Waals surface area (Å²) in [6, 6.07) is 56.8. The van der Waals surface area contributed by atoms with Gasteiger partial charge in [-0.25, -0.2) is 9.55 Å². The van der Waals surface area contributed by atoms with Gasteiger partial charge in [-0.05, 0) is 103 Å². The molecule has 0 atom stereocenters. The number of imidazole rings is 1. The molecule has 10 aromatic rings. The van der Waals surface area contributed by atoms with Gasteiger partial charge in [0, 0.05) is 0 Å². The number of rotatable bonds is 3. The summed E-state index contributed by atoms with van der Waals surface area (Å²) in [4.78, 5) is 19.2. The fourth-order valence-electron chi connectivity index (χ4n) is 7.47. The molecular weight excluding hydrogens is 587 g/mol. The number of nitrogens with zero attached hydrogens (tertiary/aromatic N) is 3. The SMILES string of the molecule is O=c1c2cc(-c3cccc(-c4ccc5c6ccccc6c6ccccc6c5c4)c3)ccc2n2c3ccccc3nc2n1-c1ccccc1. The van der Waals surface area contributed by atoms with Gasteiger partial charge in [0.25, 0.3) is 5.56 Å². The van der Waals surface area contributed by atoms with Crippen LogP contribution in [-0.2, 0) is 0 Å². The Bertz CT molecular complexity index is 2940. The maximum atomic E-state index is 14.3. The van der Waals surface area contributed by atoms with E-state index in [2.05, 4.69) is 114 Å². The first-order valence-electron chi connectivity index (χ1n) is 16.2. The number of benzene rings is 8. The van der Waals surface area contributed by atoms with E-state index in [1.165, 1.54) is 32.3 Å². The van der Waals surface area contributed by atoms with Crippen LogP contribution in [0.4, 0.5) is 0 Å². The van der Waals surface area contributed by atoms with Gasteiger partial charge in [-0.3, -0.25) is 9.20 Å². The minimum Gasteiger partial charge on any atom is -0.277 e. The highest BCUT2D eigenvalue weighted by atomic mass is 16.1. The molecule has 2 heterocycles. The highest BCUT2D eigenvalue weighted by Crippen LogP contribution is 2.38. The molecule has 0 amide bonds. The lowest BCUT2D eigenvalue weighted by Gasteiger charge is -2.14. The number of para-hydroxylation sites is 3. The summed E-state index contributed by atoms with van der Waals surface area (Å²) < 4.78 is 3.83. The Morgan fingerprint density at radius 2 is 0.938 bits per heavy atom. The van der Waals surface area contributed by atoms with Gasteiger partial charge in [-0.2, -0.15) is 0 Å². The van der Waals surface area contributed by atoms with Crippen LogP contribution in [-0.4, -0.2) is 14.0 Å². The van der Waals surface area contributed by atoms with E-state index in [1.807, 2.05) is 54.6 Å². The van der Waals surface area contributed by atoms with E-state index in [-0.39, 0.29) is 5.56 Å². The van der Waals surface area contributed by atoms with E-state index < -0.39 is 0 Å². The smallest absolute Gasteiger partial charge is 0.267 e. The van der Waals surface area contributed by atoms with E-state index in [1.54, 1.807) is 4.57 Å². The molecule has 4 heteroatoms. The summed E-state index contributed by atoms with van der Waals surface area (Å²) in [5.74, 6) is 0.603. The molecule has 0 aliphatic carbocycles. The minimum atomic E-state index is -0.0920. The van der Waals surface area contributed by atoms with Crippen molar-refractivity contribution in [2.24, 2.45) is 0 Å². The van der Waals surface area contributed by atoms with Crippen LogP contribution in [0.25, 0.3) is 88.0 Å². The molecular formula is C44H27N3O. The molecule has 0 fully saturated rings. The average Bonchev–Trinajstić information content (AvgIpc) is 3.54. The van der Waals surface area contributed by atoms with Crippen LogP contribution in [0, 0.1) is 0 Å². The average molecular weight is 614 g/mol. The quantitative estimate of drug-likeness (QED) is 0.186. The zero-order chi connectivity index (χ0) is 31.8. The number of fused-ring (bicyclic) bond motifs is 11. The fourth-order valence-corrected chi connectivity index (χ4v) is 7.47. The summed E-state index contributed by atoms with van der Waals surface area (Å²) in [6.45, 7) is 0. The van der Waals surface area contributed by atoms with Gasteiger partial charge >= 0.3 is 0 Å². The van der Waals surface area contributed by atoms with Crippen LogP contribution in [0.15, 0.2) is 169 Å². The number of hydrogen-bond donors (Lipinski definition) is 0. The Kier molecular flexibility index (Phi) is 5.69. The van der Waals surface area contributed by atoms with Gasteiger partial charge in [0.1, 0.15) is 0 Å². The van der Waals surface area contributed by atoms with E-state index in [9.17, 15) is 4.79 Å². The van der Waals surface area contributed by atoms with Crippen molar-refractivity contribution < 1.29 is 0 Å². The van der Waals surface area contributed by atoms with Crippen molar-refractivity contribution in [3.05, 3.63) is 174 Å².